The van der Waals surface area contributed by atoms with Gasteiger partial charge in [0.1, 0.15) is 0 Å². The van der Waals surface area contributed by atoms with Crippen LogP contribution in [0.5, 0.6) is 0 Å². The van der Waals surface area contributed by atoms with Gasteiger partial charge in [-0.1, -0.05) is 45.4 Å². The first-order valence-corrected chi connectivity index (χ1v) is 7.51. The van der Waals surface area contributed by atoms with Gasteiger partial charge in [-0.15, -0.1) is 0 Å². The maximum Gasteiger partial charge on any atom is 0.292 e. The minimum Gasteiger partial charge on any atom is -0.363 e. The number of methoxy groups -OCH3 is 1. The van der Waals surface area contributed by atoms with Crippen LogP contribution in [0.3, 0.4) is 0 Å². The Balaban J connectivity index is 3.50. The van der Waals surface area contributed by atoms with Crippen LogP contribution in [0.4, 0.5) is 0 Å². The van der Waals surface area contributed by atoms with Crippen LogP contribution in [0.1, 0.15) is 58.3 Å². The zero-order chi connectivity index (χ0) is 12.4. The van der Waals surface area contributed by atoms with Gasteiger partial charge in [-0.3, -0.25) is 4.55 Å². The van der Waals surface area contributed by atoms with Gasteiger partial charge in [0.2, 0.25) is 0 Å². The summed E-state index contributed by atoms with van der Waals surface area (Å²) >= 11 is 0. The second-order valence-electron chi connectivity index (χ2n) is 4.09. The Labute approximate surface area is 99.1 Å². The van der Waals surface area contributed by atoms with Gasteiger partial charge in [-0.05, 0) is 12.8 Å². The molecule has 0 saturated heterocycles. The molecular formula is C11H24O4S. The highest BCUT2D eigenvalue weighted by atomic mass is 32.2. The molecule has 1 atom stereocenters. The van der Waals surface area contributed by atoms with Gasteiger partial charge in [-0.2, -0.15) is 8.42 Å². The lowest BCUT2D eigenvalue weighted by molar-refractivity contribution is 0.145. The van der Waals surface area contributed by atoms with Gasteiger partial charge >= 0.3 is 0 Å². The van der Waals surface area contributed by atoms with Gasteiger partial charge < -0.3 is 4.74 Å². The van der Waals surface area contributed by atoms with Crippen LogP contribution in [0.25, 0.3) is 0 Å². The molecule has 0 radical (unpaired) electrons. The summed E-state index contributed by atoms with van der Waals surface area (Å²) in [6.07, 6.45) is 8.24. The molecule has 0 amide bonds. The molecule has 0 spiro atoms. The number of hydrogen-bond donors (Lipinski definition) is 1. The Hall–Kier alpha value is -0.130. The molecule has 16 heavy (non-hydrogen) atoms. The lowest BCUT2D eigenvalue weighted by Crippen LogP contribution is -2.22. The van der Waals surface area contributed by atoms with E-state index >= 15 is 0 Å². The molecule has 4 nitrogen and oxygen atoms in total. The van der Waals surface area contributed by atoms with E-state index in [-0.39, 0.29) is 0 Å². The van der Waals surface area contributed by atoms with Crippen LogP contribution in [0.2, 0.25) is 0 Å². The summed E-state index contributed by atoms with van der Waals surface area (Å²) in [5, 5.41) is 0. The average molecular weight is 252 g/mol. The summed E-state index contributed by atoms with van der Waals surface area (Å²) in [5.74, 6) is 0. The number of unbranched alkanes of at least 4 members (excludes halogenated alkanes) is 6. The van der Waals surface area contributed by atoms with E-state index < -0.39 is 15.6 Å². The third-order valence-electron chi connectivity index (χ3n) is 2.64. The predicted octanol–water partition coefficient (Wildman–Crippen LogP) is 2.99. The van der Waals surface area contributed by atoms with Crippen molar-refractivity contribution < 1.29 is 17.7 Å². The molecule has 0 aromatic carbocycles. The van der Waals surface area contributed by atoms with Crippen molar-refractivity contribution in [1.82, 2.24) is 0 Å². The second-order valence-corrected chi connectivity index (χ2v) is 5.65. The molecule has 0 saturated carbocycles. The molecule has 0 aromatic heterocycles. The molecule has 0 heterocycles. The van der Waals surface area contributed by atoms with Crippen LogP contribution in [0, 0.1) is 0 Å². The van der Waals surface area contributed by atoms with E-state index in [2.05, 4.69) is 6.92 Å². The Morgan fingerprint density at radius 2 is 1.56 bits per heavy atom. The fourth-order valence-corrected chi connectivity index (χ4v) is 2.36. The molecule has 0 fully saturated rings. The van der Waals surface area contributed by atoms with Crippen molar-refractivity contribution in [3.63, 3.8) is 0 Å². The summed E-state index contributed by atoms with van der Waals surface area (Å²) in [6.45, 7) is 2.18. The van der Waals surface area contributed by atoms with Crippen molar-refractivity contribution >= 4 is 10.1 Å². The largest absolute Gasteiger partial charge is 0.363 e. The third kappa shape index (κ3) is 8.07. The number of ether oxygens (including phenoxy) is 1. The van der Waals surface area contributed by atoms with Gasteiger partial charge in [0, 0.05) is 7.11 Å². The highest BCUT2D eigenvalue weighted by Crippen LogP contribution is 2.13. The Kier molecular flexibility index (Phi) is 8.89. The molecular weight excluding hydrogens is 228 g/mol. The first-order chi connectivity index (χ1) is 7.52. The first kappa shape index (κ1) is 15.9. The van der Waals surface area contributed by atoms with E-state index in [1.54, 1.807) is 0 Å². The van der Waals surface area contributed by atoms with Crippen molar-refractivity contribution in [3.8, 4) is 0 Å². The summed E-state index contributed by atoms with van der Waals surface area (Å²) in [4.78, 5) is 0. The van der Waals surface area contributed by atoms with Gasteiger partial charge in [0.05, 0.1) is 0 Å². The van der Waals surface area contributed by atoms with Crippen LogP contribution < -0.4 is 0 Å². The fraction of sp³-hybridized carbons (Fsp3) is 1.00. The quantitative estimate of drug-likeness (QED) is 0.479. The van der Waals surface area contributed by atoms with Crippen molar-refractivity contribution in [2.45, 2.75) is 63.7 Å². The maximum absolute atomic E-state index is 10.8. The minimum atomic E-state index is -4.04. The normalized spacial score (nSPS) is 13.9. The fourth-order valence-electron chi connectivity index (χ4n) is 1.66. The van der Waals surface area contributed by atoms with Gasteiger partial charge in [-0.25, -0.2) is 0 Å². The van der Waals surface area contributed by atoms with Crippen LogP contribution in [-0.4, -0.2) is 25.5 Å². The Bertz CT molecular complexity index is 249. The van der Waals surface area contributed by atoms with Crippen LogP contribution in [-0.2, 0) is 14.9 Å². The lowest BCUT2D eigenvalue weighted by atomic mass is 10.1. The molecule has 98 valence electrons. The molecule has 0 aliphatic rings. The standard InChI is InChI=1S/C11H24O4S/c1-3-4-5-6-7-8-9-10-11(15-2)16(12,13)14/h11H,3-10H2,1-2H3,(H,12,13,14)/t11-/m1/s1. The van der Waals surface area contributed by atoms with Crippen LogP contribution >= 0.6 is 0 Å². The van der Waals surface area contributed by atoms with E-state index in [0.717, 1.165) is 19.3 Å². The minimum absolute atomic E-state index is 0.378. The van der Waals surface area contributed by atoms with Crippen LogP contribution in [0.15, 0.2) is 0 Å². The molecule has 0 aromatic rings. The SMILES string of the molecule is CCCCCCCCC[C@H](OC)S(=O)(=O)O. The topological polar surface area (TPSA) is 63.6 Å². The molecule has 0 rings (SSSR count). The Morgan fingerprint density at radius 3 is 2.00 bits per heavy atom. The van der Waals surface area contributed by atoms with Gasteiger partial charge in [0.15, 0.2) is 5.44 Å². The zero-order valence-electron chi connectivity index (χ0n) is 10.3. The highest BCUT2D eigenvalue weighted by Gasteiger charge is 2.21. The summed E-state index contributed by atoms with van der Waals surface area (Å²) < 4.78 is 35.1. The molecule has 0 aliphatic heterocycles. The van der Waals surface area contributed by atoms with E-state index in [1.165, 1.54) is 32.8 Å². The molecule has 0 unspecified atom stereocenters. The van der Waals surface area contributed by atoms with Gasteiger partial charge in [0.25, 0.3) is 10.1 Å². The van der Waals surface area contributed by atoms with Crippen molar-refractivity contribution in [1.29, 1.82) is 0 Å². The monoisotopic (exact) mass is 252 g/mol. The zero-order valence-corrected chi connectivity index (χ0v) is 11.1. The third-order valence-corrected chi connectivity index (χ3v) is 3.73. The smallest absolute Gasteiger partial charge is 0.292 e. The average Bonchev–Trinajstić information content (AvgIpc) is 2.20. The Morgan fingerprint density at radius 1 is 1.06 bits per heavy atom. The summed E-state index contributed by atoms with van der Waals surface area (Å²) in [6, 6.07) is 0. The summed E-state index contributed by atoms with van der Waals surface area (Å²) in [7, 11) is -2.73. The number of hydrogen-bond acceptors (Lipinski definition) is 3. The molecule has 1 N–H and O–H groups in total. The van der Waals surface area contributed by atoms with E-state index in [0.29, 0.717) is 6.42 Å². The molecule has 5 heteroatoms. The van der Waals surface area contributed by atoms with Crippen molar-refractivity contribution in [2.75, 3.05) is 7.11 Å². The first-order valence-electron chi connectivity index (χ1n) is 6.01. The van der Waals surface area contributed by atoms with Crippen molar-refractivity contribution in [2.24, 2.45) is 0 Å². The van der Waals surface area contributed by atoms with E-state index in [4.69, 9.17) is 9.29 Å². The number of rotatable bonds is 10. The maximum atomic E-state index is 10.8. The summed E-state index contributed by atoms with van der Waals surface area (Å²) in [5.41, 5.74) is -1.05. The lowest BCUT2D eigenvalue weighted by Gasteiger charge is -2.11. The predicted molar refractivity (Wildman–Crippen MR) is 65.0 cm³/mol. The highest BCUT2D eigenvalue weighted by molar-refractivity contribution is 7.86. The van der Waals surface area contributed by atoms with Crippen molar-refractivity contribution in [3.05, 3.63) is 0 Å². The second kappa shape index (κ2) is 8.96. The molecule has 0 bridgehead atoms. The van der Waals surface area contributed by atoms with E-state index in [9.17, 15) is 8.42 Å². The van der Waals surface area contributed by atoms with E-state index in [1.807, 2.05) is 0 Å². The molecule has 0 aliphatic carbocycles.